The minimum absolute atomic E-state index is 0.0653. The van der Waals surface area contributed by atoms with Crippen LogP contribution in [-0.4, -0.2) is 17.6 Å². The molecule has 2 saturated carbocycles. The van der Waals surface area contributed by atoms with E-state index < -0.39 is 0 Å². The molecule has 102 valence electrons. The van der Waals surface area contributed by atoms with Crippen LogP contribution in [0, 0.1) is 17.8 Å². The van der Waals surface area contributed by atoms with E-state index in [9.17, 15) is 9.90 Å². The first-order valence-electron chi connectivity index (χ1n) is 6.92. The Labute approximate surface area is 118 Å². The summed E-state index contributed by atoms with van der Waals surface area (Å²) in [5, 5.41) is 12.8. The van der Waals surface area contributed by atoms with Gasteiger partial charge in [0.25, 0.3) is 5.91 Å². The van der Waals surface area contributed by atoms with Crippen molar-refractivity contribution in [3.63, 3.8) is 0 Å². The maximum Gasteiger partial charge on any atom is 0.252 e. The lowest BCUT2D eigenvalue weighted by molar-refractivity contribution is 0.0943. The molecule has 2 N–H and O–H groups in total. The van der Waals surface area contributed by atoms with Gasteiger partial charge in [0.05, 0.1) is 10.6 Å². The molecule has 0 heterocycles. The maximum absolute atomic E-state index is 12.1. The van der Waals surface area contributed by atoms with Crippen LogP contribution in [0.25, 0.3) is 0 Å². The third-order valence-corrected chi connectivity index (χ3v) is 4.48. The van der Waals surface area contributed by atoms with E-state index in [-0.39, 0.29) is 11.7 Å². The van der Waals surface area contributed by atoms with E-state index in [0.29, 0.717) is 16.5 Å². The van der Waals surface area contributed by atoms with Crippen molar-refractivity contribution in [3.05, 3.63) is 28.8 Å². The quantitative estimate of drug-likeness (QED) is 0.869. The van der Waals surface area contributed by atoms with Crippen LogP contribution in [-0.2, 0) is 0 Å². The summed E-state index contributed by atoms with van der Waals surface area (Å²) in [5.41, 5.74) is 0.354. The first-order valence-corrected chi connectivity index (χ1v) is 7.29. The molecule has 0 bridgehead atoms. The Morgan fingerprint density at radius 2 is 1.95 bits per heavy atom. The highest BCUT2D eigenvalue weighted by atomic mass is 35.5. The van der Waals surface area contributed by atoms with Gasteiger partial charge in [-0.05, 0) is 61.6 Å². The third kappa shape index (κ3) is 3.03. The smallest absolute Gasteiger partial charge is 0.252 e. The maximum atomic E-state index is 12.1. The van der Waals surface area contributed by atoms with Gasteiger partial charge in [-0.25, -0.2) is 0 Å². The Kier molecular flexibility index (Phi) is 3.40. The minimum Gasteiger partial charge on any atom is -0.508 e. The molecule has 4 heteroatoms. The summed E-state index contributed by atoms with van der Waals surface area (Å²) in [6, 6.07) is 4.45. The zero-order valence-corrected chi connectivity index (χ0v) is 11.5. The van der Waals surface area contributed by atoms with Crippen molar-refractivity contribution in [2.24, 2.45) is 17.8 Å². The van der Waals surface area contributed by atoms with E-state index in [1.807, 2.05) is 0 Å². The number of halogens is 1. The molecule has 2 fully saturated rings. The summed E-state index contributed by atoms with van der Waals surface area (Å²) in [6.07, 6.45) is 5.24. The molecule has 1 aromatic carbocycles. The van der Waals surface area contributed by atoms with Crippen LogP contribution in [0.2, 0.25) is 5.02 Å². The Morgan fingerprint density at radius 3 is 2.53 bits per heavy atom. The summed E-state index contributed by atoms with van der Waals surface area (Å²) in [6.45, 7) is 0.736. The number of phenols is 1. The van der Waals surface area contributed by atoms with Gasteiger partial charge in [-0.2, -0.15) is 0 Å². The lowest BCUT2D eigenvalue weighted by Crippen LogP contribution is -2.31. The highest BCUT2D eigenvalue weighted by Crippen LogP contribution is 2.48. The number of benzene rings is 1. The zero-order valence-electron chi connectivity index (χ0n) is 10.7. The monoisotopic (exact) mass is 279 g/mol. The molecule has 2 aliphatic carbocycles. The SMILES string of the molecule is O=C(NCC(C1CC1)C1CC1)c1cc(O)ccc1Cl. The molecule has 2 aliphatic rings. The van der Waals surface area contributed by atoms with Gasteiger partial charge in [-0.15, -0.1) is 0 Å². The van der Waals surface area contributed by atoms with Crippen LogP contribution in [0.15, 0.2) is 18.2 Å². The summed E-state index contributed by atoms with van der Waals surface area (Å²) >= 11 is 5.98. The number of hydrogen-bond donors (Lipinski definition) is 2. The molecule has 0 spiro atoms. The largest absolute Gasteiger partial charge is 0.508 e. The second-order valence-electron chi connectivity index (χ2n) is 5.71. The highest BCUT2D eigenvalue weighted by Gasteiger charge is 2.41. The van der Waals surface area contributed by atoms with Crippen molar-refractivity contribution in [2.45, 2.75) is 25.7 Å². The second-order valence-corrected chi connectivity index (χ2v) is 6.12. The third-order valence-electron chi connectivity index (χ3n) is 4.15. The fourth-order valence-corrected chi connectivity index (χ4v) is 2.96. The average molecular weight is 280 g/mol. The van der Waals surface area contributed by atoms with Gasteiger partial charge in [0, 0.05) is 6.54 Å². The number of carbonyl (C=O) groups is 1. The number of phenolic OH excluding ortho intramolecular Hbond substituents is 1. The van der Waals surface area contributed by atoms with Gasteiger partial charge in [-0.1, -0.05) is 11.6 Å². The van der Waals surface area contributed by atoms with Crippen LogP contribution in [0.5, 0.6) is 5.75 Å². The molecule has 0 radical (unpaired) electrons. The highest BCUT2D eigenvalue weighted by molar-refractivity contribution is 6.33. The average Bonchev–Trinajstić information content (AvgIpc) is 3.25. The van der Waals surface area contributed by atoms with Gasteiger partial charge in [-0.3, -0.25) is 4.79 Å². The van der Waals surface area contributed by atoms with E-state index in [2.05, 4.69) is 5.32 Å². The van der Waals surface area contributed by atoms with Crippen LogP contribution in [0.3, 0.4) is 0 Å². The summed E-state index contributed by atoms with van der Waals surface area (Å²) in [4.78, 5) is 12.1. The fourth-order valence-electron chi connectivity index (χ4n) is 2.76. The molecule has 19 heavy (non-hydrogen) atoms. The molecule has 0 atom stereocenters. The number of nitrogens with one attached hydrogen (secondary N) is 1. The molecule has 1 aromatic rings. The summed E-state index contributed by atoms with van der Waals surface area (Å²) in [7, 11) is 0. The number of amides is 1. The predicted molar refractivity (Wildman–Crippen MR) is 74.4 cm³/mol. The number of aromatic hydroxyl groups is 1. The normalized spacial score (nSPS) is 18.6. The predicted octanol–water partition coefficient (Wildman–Crippen LogP) is 3.21. The molecule has 3 rings (SSSR count). The first-order chi connectivity index (χ1) is 9.15. The van der Waals surface area contributed by atoms with Gasteiger partial charge in [0.2, 0.25) is 0 Å². The molecule has 1 amide bonds. The number of hydrogen-bond acceptors (Lipinski definition) is 2. The van der Waals surface area contributed by atoms with Gasteiger partial charge in [0.1, 0.15) is 5.75 Å². The Bertz CT molecular complexity index is 483. The molecule has 3 nitrogen and oxygen atoms in total. The standard InChI is InChI=1S/C15H18ClNO2/c16-14-6-5-11(18)7-12(14)15(19)17-8-13(9-1-2-9)10-3-4-10/h5-7,9-10,13,18H,1-4,8H2,(H,17,19). The van der Waals surface area contributed by atoms with E-state index in [1.54, 1.807) is 6.07 Å². The molecular formula is C15H18ClNO2. The van der Waals surface area contributed by atoms with Crippen molar-refractivity contribution in [3.8, 4) is 5.75 Å². The Hall–Kier alpha value is -1.22. The van der Waals surface area contributed by atoms with E-state index in [0.717, 1.165) is 18.4 Å². The zero-order chi connectivity index (χ0) is 13.4. The topological polar surface area (TPSA) is 49.3 Å². The lowest BCUT2D eigenvalue weighted by Gasteiger charge is -2.16. The molecule has 0 aliphatic heterocycles. The lowest BCUT2D eigenvalue weighted by atomic mass is 9.98. The number of rotatable bonds is 5. The molecule has 0 saturated heterocycles. The minimum atomic E-state index is -0.188. The van der Waals surface area contributed by atoms with Gasteiger partial charge >= 0.3 is 0 Å². The van der Waals surface area contributed by atoms with E-state index in [1.165, 1.54) is 37.8 Å². The van der Waals surface area contributed by atoms with Crippen molar-refractivity contribution in [1.29, 1.82) is 0 Å². The number of carbonyl (C=O) groups excluding carboxylic acids is 1. The van der Waals surface area contributed by atoms with Crippen molar-refractivity contribution in [2.75, 3.05) is 6.54 Å². The van der Waals surface area contributed by atoms with Crippen LogP contribution >= 0.6 is 11.6 Å². The molecule has 0 unspecified atom stereocenters. The van der Waals surface area contributed by atoms with Crippen molar-refractivity contribution < 1.29 is 9.90 Å². The summed E-state index contributed by atoms with van der Waals surface area (Å²) < 4.78 is 0. The first kappa shape index (κ1) is 12.8. The Balaban J connectivity index is 1.62. The van der Waals surface area contributed by atoms with E-state index >= 15 is 0 Å². The van der Waals surface area contributed by atoms with Crippen molar-refractivity contribution in [1.82, 2.24) is 5.32 Å². The van der Waals surface area contributed by atoms with Gasteiger partial charge in [0.15, 0.2) is 0 Å². The summed E-state index contributed by atoms with van der Waals surface area (Å²) in [5.74, 6) is 2.14. The fraction of sp³-hybridized carbons (Fsp3) is 0.533. The van der Waals surface area contributed by atoms with Crippen LogP contribution < -0.4 is 5.32 Å². The van der Waals surface area contributed by atoms with Crippen molar-refractivity contribution >= 4 is 17.5 Å². The Morgan fingerprint density at radius 1 is 1.32 bits per heavy atom. The molecule has 0 aromatic heterocycles. The van der Waals surface area contributed by atoms with Crippen LogP contribution in [0.4, 0.5) is 0 Å². The van der Waals surface area contributed by atoms with Crippen LogP contribution in [0.1, 0.15) is 36.0 Å². The second kappa shape index (κ2) is 5.04. The van der Waals surface area contributed by atoms with Gasteiger partial charge < -0.3 is 10.4 Å². The molecular weight excluding hydrogens is 262 g/mol. The van der Waals surface area contributed by atoms with E-state index in [4.69, 9.17) is 11.6 Å².